The first kappa shape index (κ1) is 16.4. The number of amides is 1. The molecule has 0 spiro atoms. The second kappa shape index (κ2) is 9.31. The summed E-state index contributed by atoms with van der Waals surface area (Å²) in [4.78, 5) is 16.1. The van der Waals surface area contributed by atoms with Gasteiger partial charge in [0.25, 0.3) is 5.91 Å². The Kier molecular flexibility index (Phi) is 7.65. The Morgan fingerprint density at radius 3 is 2.90 bits per heavy atom. The lowest BCUT2D eigenvalue weighted by Gasteiger charge is -2.11. The van der Waals surface area contributed by atoms with Crippen molar-refractivity contribution in [3.8, 4) is 0 Å². The Balaban J connectivity index is 2.42. The average molecular weight is 279 g/mol. The summed E-state index contributed by atoms with van der Waals surface area (Å²) >= 11 is 0. The summed E-state index contributed by atoms with van der Waals surface area (Å²) in [5.74, 6) is 0.412. The van der Waals surface area contributed by atoms with Gasteiger partial charge in [0.2, 0.25) is 0 Å². The second-order valence-electron chi connectivity index (χ2n) is 5.07. The Morgan fingerprint density at radius 2 is 2.20 bits per heavy atom. The highest BCUT2D eigenvalue weighted by Gasteiger charge is 2.10. The zero-order chi connectivity index (χ0) is 14.8. The summed E-state index contributed by atoms with van der Waals surface area (Å²) in [6.45, 7) is 8.86. The number of hydrogen-bond acceptors (Lipinski definition) is 4. The molecule has 0 bridgehead atoms. The van der Waals surface area contributed by atoms with Crippen LogP contribution in [0.3, 0.4) is 0 Å². The molecule has 20 heavy (non-hydrogen) atoms. The van der Waals surface area contributed by atoms with E-state index in [1.165, 1.54) is 0 Å². The van der Waals surface area contributed by atoms with Crippen molar-refractivity contribution >= 4 is 11.6 Å². The summed E-state index contributed by atoms with van der Waals surface area (Å²) in [5.41, 5.74) is 1.40. The molecule has 0 aliphatic carbocycles. The van der Waals surface area contributed by atoms with Crippen LogP contribution in [0.2, 0.25) is 0 Å². The zero-order valence-electron chi connectivity index (χ0n) is 12.6. The maximum Gasteiger partial charge on any atom is 0.253 e. The lowest BCUT2D eigenvalue weighted by Crippen LogP contribution is -2.28. The van der Waals surface area contributed by atoms with Crippen LogP contribution in [0.15, 0.2) is 18.5 Å². The highest BCUT2D eigenvalue weighted by molar-refractivity contribution is 5.99. The van der Waals surface area contributed by atoms with Crippen LogP contribution < -0.4 is 10.6 Å². The monoisotopic (exact) mass is 279 g/mol. The van der Waals surface area contributed by atoms with E-state index in [4.69, 9.17) is 4.74 Å². The molecule has 0 atom stereocenters. The van der Waals surface area contributed by atoms with Gasteiger partial charge in [0.15, 0.2) is 0 Å². The Bertz CT molecular complexity index is 408. The van der Waals surface area contributed by atoms with Gasteiger partial charge in [-0.25, -0.2) is 0 Å². The van der Waals surface area contributed by atoms with Gasteiger partial charge in [-0.2, -0.15) is 0 Å². The fraction of sp³-hybridized carbons (Fsp3) is 0.600. The van der Waals surface area contributed by atoms with Crippen LogP contribution >= 0.6 is 0 Å². The van der Waals surface area contributed by atoms with Crippen LogP contribution in [-0.4, -0.2) is 37.2 Å². The number of aromatic nitrogens is 1. The molecule has 0 aliphatic rings. The molecule has 1 aromatic heterocycles. The SMILES string of the molecule is CCCNc1cnccc1C(=O)NCCOCC(C)C. The third kappa shape index (κ3) is 6.02. The van der Waals surface area contributed by atoms with Gasteiger partial charge in [-0.15, -0.1) is 0 Å². The van der Waals surface area contributed by atoms with Crippen molar-refractivity contribution in [2.45, 2.75) is 27.2 Å². The standard InChI is InChI=1S/C15H25N3O2/c1-4-6-17-14-10-16-7-5-13(14)15(19)18-8-9-20-11-12(2)3/h5,7,10,12,17H,4,6,8-9,11H2,1-3H3,(H,18,19). The number of ether oxygens (including phenoxy) is 1. The molecule has 1 heterocycles. The average Bonchev–Trinajstić information content (AvgIpc) is 2.44. The van der Waals surface area contributed by atoms with Crippen molar-refractivity contribution in [2.75, 3.05) is 31.6 Å². The van der Waals surface area contributed by atoms with Gasteiger partial charge in [0.1, 0.15) is 0 Å². The van der Waals surface area contributed by atoms with Crippen molar-refractivity contribution in [3.63, 3.8) is 0 Å². The summed E-state index contributed by atoms with van der Waals surface area (Å²) in [7, 11) is 0. The third-order valence-electron chi connectivity index (χ3n) is 2.61. The van der Waals surface area contributed by atoms with Gasteiger partial charge < -0.3 is 15.4 Å². The van der Waals surface area contributed by atoms with Crippen molar-refractivity contribution in [2.24, 2.45) is 5.92 Å². The van der Waals surface area contributed by atoms with E-state index >= 15 is 0 Å². The molecule has 0 fully saturated rings. The number of rotatable bonds is 9. The molecular formula is C15H25N3O2. The molecule has 1 aromatic rings. The smallest absolute Gasteiger partial charge is 0.253 e. The molecule has 0 aliphatic heterocycles. The number of nitrogens with one attached hydrogen (secondary N) is 2. The van der Waals surface area contributed by atoms with E-state index in [9.17, 15) is 4.79 Å². The minimum Gasteiger partial charge on any atom is -0.383 e. The molecule has 2 N–H and O–H groups in total. The minimum atomic E-state index is -0.0980. The van der Waals surface area contributed by atoms with E-state index in [1.807, 2.05) is 0 Å². The lowest BCUT2D eigenvalue weighted by atomic mass is 10.2. The summed E-state index contributed by atoms with van der Waals surface area (Å²) in [5, 5.41) is 6.06. The first-order valence-electron chi connectivity index (χ1n) is 7.19. The summed E-state index contributed by atoms with van der Waals surface area (Å²) in [6.07, 6.45) is 4.31. The zero-order valence-corrected chi connectivity index (χ0v) is 12.6. The summed E-state index contributed by atoms with van der Waals surface area (Å²) < 4.78 is 5.43. The van der Waals surface area contributed by atoms with E-state index < -0.39 is 0 Å². The predicted molar refractivity (Wildman–Crippen MR) is 81.0 cm³/mol. The lowest BCUT2D eigenvalue weighted by molar-refractivity contribution is 0.0887. The number of anilines is 1. The number of carbonyl (C=O) groups is 1. The number of carbonyl (C=O) groups excluding carboxylic acids is 1. The molecule has 0 radical (unpaired) electrons. The Morgan fingerprint density at radius 1 is 1.40 bits per heavy atom. The van der Waals surface area contributed by atoms with E-state index in [-0.39, 0.29) is 5.91 Å². The number of nitrogens with zero attached hydrogens (tertiary/aromatic N) is 1. The molecular weight excluding hydrogens is 254 g/mol. The second-order valence-corrected chi connectivity index (χ2v) is 5.07. The molecule has 0 unspecified atom stereocenters. The molecule has 5 nitrogen and oxygen atoms in total. The molecule has 0 saturated heterocycles. The highest BCUT2D eigenvalue weighted by atomic mass is 16.5. The van der Waals surface area contributed by atoms with Crippen molar-refractivity contribution < 1.29 is 9.53 Å². The van der Waals surface area contributed by atoms with Crippen molar-refractivity contribution in [1.82, 2.24) is 10.3 Å². The van der Waals surface area contributed by atoms with E-state index in [1.54, 1.807) is 18.5 Å². The first-order valence-corrected chi connectivity index (χ1v) is 7.19. The predicted octanol–water partition coefficient (Wildman–Crippen LogP) is 2.31. The molecule has 0 saturated carbocycles. The maximum absolute atomic E-state index is 12.1. The molecule has 1 amide bonds. The molecule has 112 valence electrons. The first-order chi connectivity index (χ1) is 9.65. The Labute approximate surface area is 121 Å². The molecule has 1 rings (SSSR count). The van der Waals surface area contributed by atoms with Crippen molar-refractivity contribution in [1.29, 1.82) is 0 Å². The van der Waals surface area contributed by atoms with Crippen LogP contribution in [0.4, 0.5) is 5.69 Å². The molecule has 5 heteroatoms. The topological polar surface area (TPSA) is 63.2 Å². The quantitative estimate of drug-likeness (QED) is 0.681. The Hall–Kier alpha value is -1.62. The van der Waals surface area contributed by atoms with Crippen LogP contribution in [0.1, 0.15) is 37.6 Å². The van der Waals surface area contributed by atoms with Crippen LogP contribution in [0.5, 0.6) is 0 Å². The van der Waals surface area contributed by atoms with Crippen LogP contribution in [-0.2, 0) is 4.74 Å². The van der Waals surface area contributed by atoms with Gasteiger partial charge in [-0.05, 0) is 18.4 Å². The van der Waals surface area contributed by atoms with E-state index in [2.05, 4.69) is 36.4 Å². The van der Waals surface area contributed by atoms with Crippen LogP contribution in [0, 0.1) is 5.92 Å². The highest BCUT2D eigenvalue weighted by Crippen LogP contribution is 2.12. The molecule has 0 aromatic carbocycles. The fourth-order valence-corrected chi connectivity index (χ4v) is 1.64. The fourth-order valence-electron chi connectivity index (χ4n) is 1.64. The largest absolute Gasteiger partial charge is 0.383 e. The van der Waals surface area contributed by atoms with Gasteiger partial charge in [-0.3, -0.25) is 9.78 Å². The van der Waals surface area contributed by atoms with E-state index in [0.29, 0.717) is 31.2 Å². The van der Waals surface area contributed by atoms with Crippen LogP contribution in [0.25, 0.3) is 0 Å². The summed E-state index contributed by atoms with van der Waals surface area (Å²) in [6, 6.07) is 1.72. The van der Waals surface area contributed by atoms with Gasteiger partial charge in [0, 0.05) is 25.9 Å². The van der Waals surface area contributed by atoms with Crippen molar-refractivity contribution in [3.05, 3.63) is 24.0 Å². The number of pyridine rings is 1. The maximum atomic E-state index is 12.1. The normalized spacial score (nSPS) is 10.6. The van der Waals surface area contributed by atoms with E-state index in [0.717, 1.165) is 18.7 Å². The minimum absolute atomic E-state index is 0.0980. The van der Waals surface area contributed by atoms with Gasteiger partial charge in [-0.1, -0.05) is 20.8 Å². The van der Waals surface area contributed by atoms with Gasteiger partial charge >= 0.3 is 0 Å². The number of hydrogen-bond donors (Lipinski definition) is 2. The van der Waals surface area contributed by atoms with Gasteiger partial charge in [0.05, 0.1) is 24.1 Å². The third-order valence-corrected chi connectivity index (χ3v) is 2.61.